The summed E-state index contributed by atoms with van der Waals surface area (Å²) in [4.78, 5) is 7.31. The number of oxazole rings is 1. The summed E-state index contributed by atoms with van der Waals surface area (Å²) in [6, 6.07) is 64.7. The minimum absolute atomic E-state index is 0.628. The average Bonchev–Trinajstić information content (AvgIpc) is 3.81. The predicted octanol–water partition coefficient (Wildman–Crippen LogP) is 13.8. The first-order valence-electron chi connectivity index (χ1n) is 17.1. The molecule has 0 N–H and O–H groups in total. The molecule has 2 aromatic heterocycles. The summed E-state index contributed by atoms with van der Waals surface area (Å²) in [5.41, 5.74) is 10.4. The van der Waals surface area contributed by atoms with Gasteiger partial charge in [0.05, 0.1) is 0 Å². The third-order valence-electron chi connectivity index (χ3n) is 9.68. The van der Waals surface area contributed by atoms with Crippen molar-refractivity contribution in [3.05, 3.63) is 182 Å². The number of para-hydroxylation sites is 1. The molecule has 0 aliphatic rings. The zero-order valence-electron chi connectivity index (χ0n) is 27.5. The highest BCUT2D eigenvalue weighted by molar-refractivity contribution is 7.25. The Balaban J connectivity index is 1.10. The van der Waals surface area contributed by atoms with Crippen molar-refractivity contribution >= 4 is 70.4 Å². The first kappa shape index (κ1) is 29.4. The lowest BCUT2D eigenvalue weighted by Crippen LogP contribution is -2.10. The monoisotopic (exact) mass is 670 g/mol. The van der Waals surface area contributed by atoms with Gasteiger partial charge in [-0.3, -0.25) is 0 Å². The summed E-state index contributed by atoms with van der Waals surface area (Å²) in [6.07, 6.45) is 0. The highest BCUT2D eigenvalue weighted by Gasteiger charge is 2.18. The van der Waals surface area contributed by atoms with E-state index in [1.165, 1.54) is 42.1 Å². The molecule has 0 spiro atoms. The Bertz CT molecular complexity index is 2870. The van der Waals surface area contributed by atoms with Crippen LogP contribution in [0.1, 0.15) is 0 Å². The molecule has 51 heavy (non-hydrogen) atoms. The largest absolute Gasteiger partial charge is 0.436 e. The molecule has 0 aliphatic carbocycles. The molecule has 0 radical (unpaired) electrons. The van der Waals surface area contributed by atoms with Gasteiger partial charge in [0, 0.05) is 48.4 Å². The molecule has 0 atom stereocenters. The Morgan fingerprint density at radius 2 is 1.12 bits per heavy atom. The van der Waals surface area contributed by atoms with Crippen LogP contribution in [0, 0.1) is 0 Å². The van der Waals surface area contributed by atoms with Crippen molar-refractivity contribution in [2.75, 3.05) is 4.90 Å². The lowest BCUT2D eigenvalue weighted by atomic mass is 10.00. The second-order valence-corrected chi connectivity index (χ2v) is 13.9. The van der Waals surface area contributed by atoms with E-state index >= 15 is 0 Å². The van der Waals surface area contributed by atoms with E-state index in [-0.39, 0.29) is 0 Å². The molecule has 8 aromatic carbocycles. The van der Waals surface area contributed by atoms with Gasteiger partial charge in [-0.05, 0) is 100 Å². The van der Waals surface area contributed by atoms with Crippen molar-refractivity contribution in [2.45, 2.75) is 0 Å². The van der Waals surface area contributed by atoms with Crippen molar-refractivity contribution in [1.29, 1.82) is 0 Å². The van der Waals surface area contributed by atoms with Gasteiger partial charge in [0.25, 0.3) is 0 Å². The number of fused-ring (bicyclic) bond motifs is 5. The van der Waals surface area contributed by atoms with E-state index in [2.05, 4.69) is 144 Å². The molecule has 0 aliphatic heterocycles. The predicted molar refractivity (Wildman–Crippen MR) is 215 cm³/mol. The molecule has 0 fully saturated rings. The molecule has 0 saturated carbocycles. The summed E-state index contributed by atoms with van der Waals surface area (Å²) in [6.45, 7) is 0. The minimum atomic E-state index is 0.628. The maximum absolute atomic E-state index is 6.21. The van der Waals surface area contributed by atoms with Gasteiger partial charge in [-0.15, -0.1) is 11.3 Å². The van der Waals surface area contributed by atoms with E-state index in [1.807, 2.05) is 53.8 Å². The zero-order valence-corrected chi connectivity index (χ0v) is 28.3. The SMILES string of the molecule is c1ccc(-c2nc3c(-c4ccc(N(c5cccc(-c6ccc7ccccc7c6)c5)c5ccc6sc7ccccc7c6c5)cc4)cccc3o2)cc1. The van der Waals surface area contributed by atoms with Crippen LogP contribution in [0.15, 0.2) is 186 Å². The maximum Gasteiger partial charge on any atom is 0.227 e. The zero-order chi connectivity index (χ0) is 33.7. The second kappa shape index (κ2) is 12.1. The first-order chi connectivity index (χ1) is 25.2. The fraction of sp³-hybridized carbons (Fsp3) is 0. The lowest BCUT2D eigenvalue weighted by molar-refractivity contribution is 0.620. The van der Waals surface area contributed by atoms with Gasteiger partial charge in [0.15, 0.2) is 5.58 Å². The van der Waals surface area contributed by atoms with Crippen LogP contribution in [-0.2, 0) is 0 Å². The van der Waals surface area contributed by atoms with Gasteiger partial charge in [-0.1, -0.05) is 109 Å². The third-order valence-corrected chi connectivity index (χ3v) is 10.8. The van der Waals surface area contributed by atoms with Crippen LogP contribution in [0.2, 0.25) is 0 Å². The van der Waals surface area contributed by atoms with Crippen LogP contribution in [0.3, 0.4) is 0 Å². The van der Waals surface area contributed by atoms with Crippen molar-refractivity contribution in [3.8, 4) is 33.7 Å². The molecule has 2 heterocycles. The Hall–Kier alpha value is -6.49. The first-order valence-corrected chi connectivity index (χ1v) is 17.9. The Morgan fingerprint density at radius 3 is 2.02 bits per heavy atom. The molecular weight excluding hydrogens is 641 g/mol. The highest BCUT2D eigenvalue weighted by Crippen LogP contribution is 2.42. The van der Waals surface area contributed by atoms with E-state index in [9.17, 15) is 0 Å². The molecule has 240 valence electrons. The summed E-state index contributed by atoms with van der Waals surface area (Å²) >= 11 is 1.84. The van der Waals surface area contributed by atoms with Gasteiger partial charge in [0.2, 0.25) is 5.89 Å². The van der Waals surface area contributed by atoms with E-state index in [0.717, 1.165) is 44.9 Å². The van der Waals surface area contributed by atoms with E-state index in [1.54, 1.807) is 0 Å². The van der Waals surface area contributed by atoms with Crippen molar-refractivity contribution < 1.29 is 4.42 Å². The van der Waals surface area contributed by atoms with E-state index < -0.39 is 0 Å². The number of hydrogen-bond acceptors (Lipinski definition) is 4. The molecule has 0 saturated heterocycles. The summed E-state index contributed by atoms with van der Waals surface area (Å²) < 4.78 is 8.80. The van der Waals surface area contributed by atoms with Crippen LogP contribution < -0.4 is 4.90 Å². The van der Waals surface area contributed by atoms with Crippen LogP contribution in [0.25, 0.3) is 75.8 Å². The summed E-state index contributed by atoms with van der Waals surface area (Å²) in [5.74, 6) is 0.628. The fourth-order valence-electron chi connectivity index (χ4n) is 7.17. The lowest BCUT2D eigenvalue weighted by Gasteiger charge is -2.26. The minimum Gasteiger partial charge on any atom is -0.436 e. The number of anilines is 3. The quantitative estimate of drug-likeness (QED) is 0.176. The van der Waals surface area contributed by atoms with Crippen molar-refractivity contribution in [3.63, 3.8) is 0 Å². The van der Waals surface area contributed by atoms with Crippen LogP contribution in [0.4, 0.5) is 17.1 Å². The number of thiophene rings is 1. The Labute approximate surface area is 299 Å². The molecule has 0 unspecified atom stereocenters. The molecule has 4 heteroatoms. The summed E-state index contributed by atoms with van der Waals surface area (Å²) in [5, 5.41) is 5.04. The third kappa shape index (κ3) is 5.25. The average molecular weight is 671 g/mol. The number of aromatic nitrogens is 1. The van der Waals surface area contributed by atoms with Gasteiger partial charge in [-0.25, -0.2) is 4.98 Å². The maximum atomic E-state index is 6.21. The number of nitrogens with zero attached hydrogens (tertiary/aromatic N) is 2. The van der Waals surface area contributed by atoms with Crippen molar-refractivity contribution in [1.82, 2.24) is 4.98 Å². The smallest absolute Gasteiger partial charge is 0.227 e. The molecule has 10 rings (SSSR count). The highest BCUT2D eigenvalue weighted by atomic mass is 32.1. The van der Waals surface area contributed by atoms with Gasteiger partial charge < -0.3 is 9.32 Å². The van der Waals surface area contributed by atoms with Crippen LogP contribution >= 0.6 is 11.3 Å². The van der Waals surface area contributed by atoms with Gasteiger partial charge in [0.1, 0.15) is 5.52 Å². The van der Waals surface area contributed by atoms with Gasteiger partial charge >= 0.3 is 0 Å². The molecule has 3 nitrogen and oxygen atoms in total. The standard InChI is InChI=1S/C47H30N2OS/c1-2-11-33(12-3-1)47-48-46-40(17-9-18-43(46)50-47)32-22-24-37(25-23-32)49(39-26-27-45-42(30-39)41-16-6-7-19-44(41)51-45)38-15-8-14-35(29-38)36-21-20-31-10-4-5-13-34(31)28-36/h1-30H. The Morgan fingerprint density at radius 1 is 0.431 bits per heavy atom. The molecule has 0 bridgehead atoms. The number of hydrogen-bond donors (Lipinski definition) is 0. The fourth-order valence-corrected chi connectivity index (χ4v) is 8.26. The second-order valence-electron chi connectivity index (χ2n) is 12.8. The van der Waals surface area contributed by atoms with Crippen LogP contribution in [-0.4, -0.2) is 4.98 Å². The van der Waals surface area contributed by atoms with Crippen molar-refractivity contribution in [2.24, 2.45) is 0 Å². The number of benzene rings is 8. The molecule has 10 aromatic rings. The summed E-state index contributed by atoms with van der Waals surface area (Å²) in [7, 11) is 0. The normalized spacial score (nSPS) is 11.5. The van der Waals surface area contributed by atoms with E-state index in [4.69, 9.17) is 9.40 Å². The Kier molecular flexibility index (Phi) is 7.00. The van der Waals surface area contributed by atoms with Gasteiger partial charge in [-0.2, -0.15) is 0 Å². The topological polar surface area (TPSA) is 29.3 Å². The molecule has 0 amide bonds. The van der Waals surface area contributed by atoms with E-state index in [0.29, 0.717) is 5.89 Å². The number of rotatable bonds is 6. The van der Waals surface area contributed by atoms with Crippen LogP contribution in [0.5, 0.6) is 0 Å². The molecular formula is C47H30N2OS.